The van der Waals surface area contributed by atoms with Crippen LogP contribution < -0.4 is 11.1 Å². The Hall–Kier alpha value is -1.07. The topological polar surface area (TPSA) is 84.1 Å². The summed E-state index contributed by atoms with van der Waals surface area (Å²) >= 11 is 5.84. The van der Waals surface area contributed by atoms with Gasteiger partial charge in [0.05, 0.1) is 17.0 Å². The lowest BCUT2D eigenvalue weighted by Gasteiger charge is -2.36. The molecule has 1 saturated carbocycles. The summed E-state index contributed by atoms with van der Waals surface area (Å²) in [6.45, 7) is 4.44. The molecule has 0 aromatic carbocycles. The molecule has 0 amide bonds. The first-order valence-electron chi connectivity index (χ1n) is 7.19. The van der Waals surface area contributed by atoms with Gasteiger partial charge in [0, 0.05) is 6.54 Å². The highest BCUT2D eigenvalue weighted by Gasteiger charge is 2.32. The van der Waals surface area contributed by atoms with E-state index in [-0.39, 0.29) is 5.28 Å². The molecule has 1 aromatic rings. The van der Waals surface area contributed by atoms with Crippen molar-refractivity contribution < 1.29 is 5.11 Å². The predicted molar refractivity (Wildman–Crippen MR) is 81.9 cm³/mol. The first-order chi connectivity index (χ1) is 9.43. The molecular weight excluding hydrogens is 276 g/mol. The van der Waals surface area contributed by atoms with Crippen molar-refractivity contribution in [3.63, 3.8) is 0 Å². The van der Waals surface area contributed by atoms with Gasteiger partial charge in [0.2, 0.25) is 5.28 Å². The van der Waals surface area contributed by atoms with E-state index in [0.29, 0.717) is 23.7 Å². The number of nitrogens with two attached hydrogens (primary N) is 1. The van der Waals surface area contributed by atoms with Crippen molar-refractivity contribution in [3.05, 3.63) is 11.0 Å². The van der Waals surface area contributed by atoms with E-state index in [2.05, 4.69) is 22.2 Å². The normalized spacial score (nSPS) is 26.5. The maximum atomic E-state index is 10.6. The first kappa shape index (κ1) is 15.3. The molecule has 0 spiro atoms. The Morgan fingerprint density at radius 3 is 2.65 bits per heavy atom. The highest BCUT2D eigenvalue weighted by atomic mass is 35.5. The fourth-order valence-corrected chi connectivity index (χ4v) is 2.94. The monoisotopic (exact) mass is 298 g/mol. The number of rotatable bonds is 4. The van der Waals surface area contributed by atoms with E-state index in [1.165, 1.54) is 6.42 Å². The fourth-order valence-electron chi connectivity index (χ4n) is 2.73. The Balaban J connectivity index is 1.99. The second-order valence-electron chi connectivity index (χ2n) is 5.77. The summed E-state index contributed by atoms with van der Waals surface area (Å²) in [5, 5.41) is 13.9. The Kier molecular flexibility index (Phi) is 4.70. The smallest absolute Gasteiger partial charge is 0.224 e. The SMILES string of the molecule is CCC1CCC(O)(CNc2nc(Cl)nc(C)c2N)CC1. The van der Waals surface area contributed by atoms with E-state index in [1.807, 2.05) is 0 Å². The fraction of sp³-hybridized carbons (Fsp3) is 0.714. The minimum atomic E-state index is -0.677. The third kappa shape index (κ3) is 3.52. The van der Waals surface area contributed by atoms with Crippen LogP contribution >= 0.6 is 11.6 Å². The Morgan fingerprint density at radius 1 is 1.40 bits per heavy atom. The van der Waals surface area contributed by atoms with Crippen LogP contribution in [0.2, 0.25) is 5.28 Å². The van der Waals surface area contributed by atoms with Crippen LogP contribution in [-0.4, -0.2) is 27.2 Å². The van der Waals surface area contributed by atoms with E-state index in [1.54, 1.807) is 6.92 Å². The molecule has 0 radical (unpaired) electrons. The van der Waals surface area contributed by atoms with Gasteiger partial charge < -0.3 is 16.2 Å². The van der Waals surface area contributed by atoms with Gasteiger partial charge in [-0.1, -0.05) is 13.3 Å². The number of hydrogen-bond donors (Lipinski definition) is 3. The molecule has 1 aliphatic carbocycles. The number of aliphatic hydroxyl groups is 1. The van der Waals surface area contributed by atoms with E-state index in [0.717, 1.165) is 31.6 Å². The van der Waals surface area contributed by atoms with Crippen molar-refractivity contribution in [3.8, 4) is 0 Å². The number of nitrogens with one attached hydrogen (secondary N) is 1. The second kappa shape index (κ2) is 6.14. The number of anilines is 2. The van der Waals surface area contributed by atoms with Crippen molar-refractivity contribution in [1.29, 1.82) is 0 Å². The molecule has 0 atom stereocenters. The highest BCUT2D eigenvalue weighted by molar-refractivity contribution is 6.28. The number of aromatic nitrogens is 2. The van der Waals surface area contributed by atoms with Crippen molar-refractivity contribution >= 4 is 23.1 Å². The molecule has 6 heteroatoms. The van der Waals surface area contributed by atoms with E-state index in [9.17, 15) is 5.11 Å². The summed E-state index contributed by atoms with van der Waals surface area (Å²) in [6.07, 6.45) is 4.98. The Morgan fingerprint density at radius 2 is 2.05 bits per heavy atom. The maximum Gasteiger partial charge on any atom is 0.224 e. The molecule has 112 valence electrons. The predicted octanol–water partition coefficient (Wildman–Crippen LogP) is 2.76. The third-order valence-electron chi connectivity index (χ3n) is 4.31. The lowest BCUT2D eigenvalue weighted by Crippen LogP contribution is -2.40. The zero-order chi connectivity index (χ0) is 14.8. The van der Waals surface area contributed by atoms with Crippen LogP contribution in [0.1, 0.15) is 44.7 Å². The Labute approximate surface area is 125 Å². The molecule has 1 fully saturated rings. The molecule has 0 saturated heterocycles. The van der Waals surface area contributed by atoms with Gasteiger partial charge in [-0.15, -0.1) is 0 Å². The van der Waals surface area contributed by atoms with Gasteiger partial charge in [0.25, 0.3) is 0 Å². The zero-order valence-corrected chi connectivity index (χ0v) is 12.9. The van der Waals surface area contributed by atoms with Crippen LogP contribution in [0.15, 0.2) is 0 Å². The van der Waals surface area contributed by atoms with E-state index < -0.39 is 5.60 Å². The molecule has 1 heterocycles. The standard InChI is InChI=1S/C14H23ClN4O/c1-3-10-4-6-14(20,7-5-10)8-17-12-11(16)9(2)18-13(15)19-12/h10,20H,3-8,16H2,1-2H3,(H,17,18,19). The summed E-state index contributed by atoms with van der Waals surface area (Å²) in [5.74, 6) is 1.25. The van der Waals surface area contributed by atoms with Crippen LogP contribution in [0.25, 0.3) is 0 Å². The number of nitrogen functional groups attached to an aromatic ring is 1. The molecule has 5 nitrogen and oxygen atoms in total. The van der Waals surface area contributed by atoms with Gasteiger partial charge in [-0.2, -0.15) is 4.98 Å². The number of aryl methyl sites for hydroxylation is 1. The maximum absolute atomic E-state index is 10.6. The lowest BCUT2D eigenvalue weighted by molar-refractivity contribution is 0.00224. The largest absolute Gasteiger partial charge is 0.394 e. The molecule has 1 aromatic heterocycles. The Bertz CT molecular complexity index is 472. The highest BCUT2D eigenvalue weighted by Crippen LogP contribution is 2.34. The van der Waals surface area contributed by atoms with Crippen molar-refractivity contribution in [2.75, 3.05) is 17.6 Å². The van der Waals surface area contributed by atoms with Crippen LogP contribution in [0.4, 0.5) is 11.5 Å². The molecular formula is C14H23ClN4O. The summed E-state index contributed by atoms with van der Waals surface area (Å²) in [4.78, 5) is 8.08. The minimum absolute atomic E-state index is 0.167. The van der Waals surface area contributed by atoms with Crippen LogP contribution in [-0.2, 0) is 0 Å². The zero-order valence-electron chi connectivity index (χ0n) is 12.1. The van der Waals surface area contributed by atoms with Crippen molar-refractivity contribution in [2.45, 2.75) is 51.6 Å². The van der Waals surface area contributed by atoms with Crippen molar-refractivity contribution in [1.82, 2.24) is 9.97 Å². The third-order valence-corrected chi connectivity index (χ3v) is 4.48. The molecule has 1 aliphatic rings. The second-order valence-corrected chi connectivity index (χ2v) is 6.11. The van der Waals surface area contributed by atoms with Gasteiger partial charge in [-0.3, -0.25) is 0 Å². The number of nitrogens with zero attached hydrogens (tertiary/aromatic N) is 2. The molecule has 2 rings (SSSR count). The van der Waals surface area contributed by atoms with Crippen LogP contribution in [0, 0.1) is 12.8 Å². The van der Waals surface area contributed by atoms with E-state index >= 15 is 0 Å². The molecule has 0 unspecified atom stereocenters. The van der Waals surface area contributed by atoms with Gasteiger partial charge >= 0.3 is 0 Å². The number of halogens is 1. The van der Waals surface area contributed by atoms with Gasteiger partial charge in [-0.25, -0.2) is 4.98 Å². The average molecular weight is 299 g/mol. The quantitative estimate of drug-likeness (QED) is 0.744. The molecule has 20 heavy (non-hydrogen) atoms. The van der Waals surface area contributed by atoms with Gasteiger partial charge in [-0.05, 0) is 50.1 Å². The molecule has 0 aliphatic heterocycles. The summed E-state index contributed by atoms with van der Waals surface area (Å²) < 4.78 is 0. The van der Waals surface area contributed by atoms with Gasteiger partial charge in [0.1, 0.15) is 0 Å². The number of hydrogen-bond acceptors (Lipinski definition) is 5. The van der Waals surface area contributed by atoms with E-state index in [4.69, 9.17) is 17.3 Å². The summed E-state index contributed by atoms with van der Waals surface area (Å²) in [5.41, 5.74) is 6.38. The van der Waals surface area contributed by atoms with Crippen molar-refractivity contribution in [2.24, 2.45) is 5.92 Å². The van der Waals surface area contributed by atoms with Crippen LogP contribution in [0.3, 0.4) is 0 Å². The van der Waals surface area contributed by atoms with Gasteiger partial charge in [0.15, 0.2) is 5.82 Å². The van der Waals surface area contributed by atoms with Crippen LogP contribution in [0.5, 0.6) is 0 Å². The lowest BCUT2D eigenvalue weighted by atomic mass is 9.78. The first-order valence-corrected chi connectivity index (χ1v) is 7.57. The molecule has 0 bridgehead atoms. The summed E-state index contributed by atoms with van der Waals surface area (Å²) in [6, 6.07) is 0. The summed E-state index contributed by atoms with van der Waals surface area (Å²) in [7, 11) is 0. The molecule has 4 N–H and O–H groups in total. The average Bonchev–Trinajstić information content (AvgIpc) is 2.42. The minimum Gasteiger partial charge on any atom is -0.394 e.